The normalized spacial score (nSPS) is 10.3. The molecule has 0 fully saturated rings. The maximum atomic E-state index is 14.1. The smallest absolute Gasteiger partial charge is 0.319 e. The first-order valence-corrected chi connectivity index (χ1v) is 7.48. The second kappa shape index (κ2) is 7.43. The van der Waals surface area contributed by atoms with E-state index in [1.165, 1.54) is 29.5 Å². The van der Waals surface area contributed by atoms with Gasteiger partial charge >= 0.3 is 6.03 Å². The lowest BCUT2D eigenvalue weighted by atomic mass is 10.2. The topological polar surface area (TPSA) is 81.1 Å². The van der Waals surface area contributed by atoms with E-state index in [-0.39, 0.29) is 5.69 Å². The van der Waals surface area contributed by atoms with Crippen molar-refractivity contribution in [2.75, 3.05) is 12.4 Å². The third kappa shape index (κ3) is 4.11. The summed E-state index contributed by atoms with van der Waals surface area (Å²) in [4.78, 5) is 15.7. The molecular weight excluding hydrogens is 325 g/mol. The Kier molecular flexibility index (Phi) is 4.89. The van der Waals surface area contributed by atoms with Crippen LogP contribution in [0.15, 0.2) is 55.1 Å². The van der Waals surface area contributed by atoms with E-state index >= 15 is 0 Å². The Morgan fingerprint density at radius 1 is 1.28 bits per heavy atom. The predicted octanol–water partition coefficient (Wildman–Crippen LogP) is 2.74. The Hall–Kier alpha value is -3.42. The average Bonchev–Trinajstić information content (AvgIpc) is 3.14. The summed E-state index contributed by atoms with van der Waals surface area (Å²) in [7, 11) is 1.58. The number of nitrogens with zero attached hydrogens (tertiary/aromatic N) is 3. The van der Waals surface area contributed by atoms with Gasteiger partial charge in [0, 0.05) is 12.2 Å². The zero-order chi connectivity index (χ0) is 17.6. The van der Waals surface area contributed by atoms with Gasteiger partial charge < -0.3 is 15.4 Å². The molecular formula is C17H16FN5O2. The molecule has 2 aromatic carbocycles. The summed E-state index contributed by atoms with van der Waals surface area (Å²) in [6.45, 7) is 0.322. The molecule has 0 radical (unpaired) electrons. The second-order valence-electron chi connectivity index (χ2n) is 5.17. The third-order valence-corrected chi connectivity index (χ3v) is 3.46. The maximum absolute atomic E-state index is 14.1. The van der Waals surface area contributed by atoms with Crippen molar-refractivity contribution >= 4 is 11.7 Å². The number of benzene rings is 2. The van der Waals surface area contributed by atoms with Crippen LogP contribution in [0, 0.1) is 5.82 Å². The van der Waals surface area contributed by atoms with E-state index in [1.54, 1.807) is 13.2 Å². The van der Waals surface area contributed by atoms with Crippen molar-refractivity contribution in [3.05, 3.63) is 66.5 Å². The number of hydrogen-bond donors (Lipinski definition) is 2. The van der Waals surface area contributed by atoms with E-state index in [4.69, 9.17) is 4.74 Å². The number of urea groups is 1. The van der Waals surface area contributed by atoms with Gasteiger partial charge in [-0.25, -0.2) is 18.9 Å². The summed E-state index contributed by atoms with van der Waals surface area (Å²) in [5.74, 6) is 0.196. The molecule has 1 aromatic heterocycles. The van der Waals surface area contributed by atoms with Crippen LogP contribution in [0.1, 0.15) is 5.56 Å². The number of carbonyl (C=O) groups excluding carboxylic acids is 1. The molecule has 0 saturated carbocycles. The predicted molar refractivity (Wildman–Crippen MR) is 90.2 cm³/mol. The lowest BCUT2D eigenvalue weighted by Crippen LogP contribution is -2.28. The number of halogens is 1. The van der Waals surface area contributed by atoms with Gasteiger partial charge in [-0.05, 0) is 35.9 Å². The molecule has 0 saturated heterocycles. The lowest BCUT2D eigenvalue weighted by Gasteiger charge is -2.10. The molecule has 25 heavy (non-hydrogen) atoms. The molecule has 0 bridgehead atoms. The quantitative estimate of drug-likeness (QED) is 0.748. The minimum atomic E-state index is -0.518. The Bertz CT molecular complexity index is 867. The highest BCUT2D eigenvalue weighted by molar-refractivity contribution is 5.89. The first kappa shape index (κ1) is 16.4. The molecule has 3 aromatic rings. The molecule has 128 valence electrons. The zero-order valence-corrected chi connectivity index (χ0v) is 13.4. The Labute approximate surface area is 143 Å². The Morgan fingerprint density at radius 2 is 2.16 bits per heavy atom. The highest BCUT2D eigenvalue weighted by Gasteiger charge is 2.08. The molecule has 2 amide bonds. The van der Waals surface area contributed by atoms with Gasteiger partial charge in [-0.15, -0.1) is 0 Å². The summed E-state index contributed by atoms with van der Waals surface area (Å²) in [5, 5.41) is 9.16. The summed E-state index contributed by atoms with van der Waals surface area (Å²) >= 11 is 0. The van der Waals surface area contributed by atoms with Gasteiger partial charge in [0.1, 0.15) is 24.1 Å². The standard InChI is InChI=1S/C17H16FN5O2/c1-25-14-4-2-3-12(7-14)9-20-17(24)22-13-5-6-16(15(18)8-13)23-11-19-10-21-23/h2-8,10-11H,9H2,1H3,(H2,20,22,24). The van der Waals surface area contributed by atoms with Crippen molar-refractivity contribution in [3.8, 4) is 11.4 Å². The van der Waals surface area contributed by atoms with Crippen LogP contribution in [0.2, 0.25) is 0 Å². The van der Waals surface area contributed by atoms with E-state index in [9.17, 15) is 9.18 Å². The monoisotopic (exact) mass is 341 g/mol. The molecule has 3 rings (SSSR count). The molecule has 0 unspecified atom stereocenters. The van der Waals surface area contributed by atoms with Crippen LogP contribution in [-0.2, 0) is 6.54 Å². The van der Waals surface area contributed by atoms with Crippen molar-refractivity contribution in [3.63, 3.8) is 0 Å². The minimum Gasteiger partial charge on any atom is -0.497 e. The molecule has 1 heterocycles. The van der Waals surface area contributed by atoms with Crippen LogP contribution in [-0.4, -0.2) is 27.9 Å². The SMILES string of the molecule is COc1cccc(CNC(=O)Nc2ccc(-n3cncn3)c(F)c2)c1. The largest absolute Gasteiger partial charge is 0.497 e. The van der Waals surface area contributed by atoms with Crippen molar-refractivity contribution in [1.29, 1.82) is 0 Å². The van der Waals surface area contributed by atoms with Crippen LogP contribution in [0.3, 0.4) is 0 Å². The number of carbonyl (C=O) groups is 1. The van der Waals surface area contributed by atoms with Gasteiger partial charge in [0.05, 0.1) is 7.11 Å². The van der Waals surface area contributed by atoms with Gasteiger partial charge in [-0.3, -0.25) is 0 Å². The number of nitrogens with one attached hydrogen (secondary N) is 2. The van der Waals surface area contributed by atoms with Crippen molar-refractivity contribution in [2.45, 2.75) is 6.54 Å². The van der Waals surface area contributed by atoms with Crippen molar-refractivity contribution in [2.24, 2.45) is 0 Å². The molecule has 0 aliphatic rings. The van der Waals surface area contributed by atoms with Crippen LogP contribution in [0.4, 0.5) is 14.9 Å². The van der Waals surface area contributed by atoms with Crippen molar-refractivity contribution < 1.29 is 13.9 Å². The Morgan fingerprint density at radius 3 is 2.88 bits per heavy atom. The van der Waals surface area contributed by atoms with Gasteiger partial charge in [0.25, 0.3) is 0 Å². The molecule has 0 aliphatic heterocycles. The first-order valence-electron chi connectivity index (χ1n) is 7.48. The van der Waals surface area contributed by atoms with Crippen LogP contribution in [0.25, 0.3) is 5.69 Å². The number of hydrogen-bond acceptors (Lipinski definition) is 4. The molecule has 0 atom stereocenters. The van der Waals surface area contributed by atoms with E-state index in [2.05, 4.69) is 20.7 Å². The third-order valence-electron chi connectivity index (χ3n) is 3.46. The van der Waals surface area contributed by atoms with Crippen LogP contribution >= 0.6 is 0 Å². The van der Waals surface area contributed by atoms with Gasteiger partial charge in [0.2, 0.25) is 0 Å². The molecule has 0 aliphatic carbocycles. The van der Waals surface area contributed by atoms with Gasteiger partial charge in [-0.2, -0.15) is 5.10 Å². The highest BCUT2D eigenvalue weighted by atomic mass is 19.1. The van der Waals surface area contributed by atoms with E-state index < -0.39 is 11.8 Å². The number of rotatable bonds is 5. The molecule has 8 heteroatoms. The van der Waals surface area contributed by atoms with Crippen LogP contribution in [0.5, 0.6) is 5.75 Å². The minimum absolute atomic E-state index is 0.250. The summed E-state index contributed by atoms with van der Waals surface area (Å²) in [5.41, 5.74) is 1.48. The maximum Gasteiger partial charge on any atom is 0.319 e. The van der Waals surface area contributed by atoms with Crippen LogP contribution < -0.4 is 15.4 Å². The average molecular weight is 341 g/mol. The Balaban J connectivity index is 1.60. The number of amides is 2. The van der Waals surface area contributed by atoms with Crippen molar-refractivity contribution in [1.82, 2.24) is 20.1 Å². The van der Waals surface area contributed by atoms with E-state index in [1.807, 2.05) is 24.3 Å². The fraction of sp³-hybridized carbons (Fsp3) is 0.118. The van der Waals surface area contributed by atoms with E-state index in [0.29, 0.717) is 18.0 Å². The fourth-order valence-electron chi connectivity index (χ4n) is 2.24. The molecule has 7 nitrogen and oxygen atoms in total. The fourth-order valence-corrected chi connectivity index (χ4v) is 2.24. The molecule has 2 N–H and O–H groups in total. The first-order chi connectivity index (χ1) is 12.2. The number of aromatic nitrogens is 3. The highest BCUT2D eigenvalue weighted by Crippen LogP contribution is 2.17. The number of ether oxygens (including phenoxy) is 1. The lowest BCUT2D eigenvalue weighted by molar-refractivity contribution is 0.251. The summed E-state index contributed by atoms with van der Waals surface area (Å²) in [6, 6.07) is 11.3. The van der Waals surface area contributed by atoms with Gasteiger partial charge in [0.15, 0.2) is 5.82 Å². The number of methoxy groups -OCH3 is 1. The van der Waals surface area contributed by atoms with E-state index in [0.717, 1.165) is 5.56 Å². The van der Waals surface area contributed by atoms with Gasteiger partial charge in [-0.1, -0.05) is 12.1 Å². The molecule has 0 spiro atoms. The summed E-state index contributed by atoms with van der Waals surface area (Å²) < 4.78 is 20.6. The second-order valence-corrected chi connectivity index (χ2v) is 5.17. The summed E-state index contributed by atoms with van der Waals surface area (Å²) in [6.07, 6.45) is 2.71. The number of anilines is 1. The zero-order valence-electron chi connectivity index (χ0n) is 13.4.